The molecule has 3 rings (SSSR count). The maximum Gasteiger partial charge on any atom is 0.417 e. The van der Waals surface area contributed by atoms with Gasteiger partial charge in [-0.05, 0) is 6.07 Å². The van der Waals surface area contributed by atoms with Crippen LogP contribution in [0.15, 0.2) is 28.5 Å². The summed E-state index contributed by atoms with van der Waals surface area (Å²) in [5.74, 6) is -0.0822. The predicted octanol–water partition coefficient (Wildman–Crippen LogP) is 2.17. The third-order valence-corrected chi connectivity index (χ3v) is 4.42. The van der Waals surface area contributed by atoms with Gasteiger partial charge in [-0.15, -0.1) is 0 Å². The number of alkyl halides is 3. The summed E-state index contributed by atoms with van der Waals surface area (Å²) in [6, 6.07) is 2.99. The van der Waals surface area contributed by atoms with Crippen molar-refractivity contribution in [3.05, 3.63) is 34.1 Å². The van der Waals surface area contributed by atoms with Gasteiger partial charge in [-0.25, -0.2) is 0 Å². The van der Waals surface area contributed by atoms with Gasteiger partial charge in [-0.1, -0.05) is 11.6 Å². The minimum atomic E-state index is -4.50. The zero-order valence-electron chi connectivity index (χ0n) is 14.5. The van der Waals surface area contributed by atoms with E-state index >= 15 is 0 Å². The van der Waals surface area contributed by atoms with Crippen LogP contribution in [0.25, 0.3) is 0 Å². The van der Waals surface area contributed by atoms with E-state index in [0.717, 1.165) is 0 Å². The van der Waals surface area contributed by atoms with Gasteiger partial charge in [0.2, 0.25) is 5.96 Å². The largest absolute Gasteiger partial charge is 0.491 e. The number of guanidine groups is 1. The zero-order valence-corrected chi connectivity index (χ0v) is 15.3. The molecule has 0 aromatic heterocycles. The van der Waals surface area contributed by atoms with Crippen molar-refractivity contribution >= 4 is 29.2 Å². The number of rotatable bonds is 2. The number of halogens is 4. The highest BCUT2D eigenvalue weighted by Crippen LogP contribution is 2.33. The molecule has 0 saturated carbocycles. The van der Waals surface area contributed by atoms with E-state index in [9.17, 15) is 18.0 Å². The lowest BCUT2D eigenvalue weighted by molar-refractivity contribution is -0.0939. The summed E-state index contributed by atoms with van der Waals surface area (Å²) in [5.41, 5.74) is -0.135. The van der Waals surface area contributed by atoms with Crippen molar-refractivity contribution in [3.8, 4) is 5.75 Å². The van der Waals surface area contributed by atoms with E-state index in [1.165, 1.54) is 24.1 Å². The Bertz CT molecular complexity index is 838. The summed E-state index contributed by atoms with van der Waals surface area (Å²) in [6.07, 6.45) is -4.50. The van der Waals surface area contributed by atoms with E-state index in [1.807, 2.05) is 0 Å². The highest BCUT2D eigenvalue weighted by Gasteiger charge is 2.38. The molecule has 27 heavy (non-hydrogen) atoms. The van der Waals surface area contributed by atoms with Gasteiger partial charge >= 0.3 is 6.18 Å². The second-order valence-corrected chi connectivity index (χ2v) is 6.32. The molecule has 0 spiro atoms. The van der Waals surface area contributed by atoms with Crippen molar-refractivity contribution < 1.29 is 22.7 Å². The number of likely N-dealkylation sites (N-methyl/N-ethyl adjacent to an activating group) is 1. The average Bonchev–Trinajstić information content (AvgIpc) is 2.74. The number of aliphatic imine (C=N–C) groups is 1. The molecule has 146 valence electrons. The highest BCUT2D eigenvalue weighted by molar-refractivity contribution is 6.34. The number of hydrogen-bond acceptors (Lipinski definition) is 6. The number of hydrogen-bond donors (Lipinski definition) is 3. The Morgan fingerprint density at radius 2 is 2.11 bits per heavy atom. The molecule has 2 heterocycles. The van der Waals surface area contributed by atoms with E-state index < -0.39 is 18.3 Å². The fourth-order valence-corrected chi connectivity index (χ4v) is 2.86. The SMILES string of the molecule is CNC1=C(C(F)(F)F)CNC(Nc2cc3c(cc2Cl)C(=O)N(C)CCO3)=N1. The standard InChI is InChI=1S/C16H17ClF3N5O2/c1-21-13-9(16(18,19)20)7-22-15(24-13)23-11-6-12-8(5-10(11)17)14(26)25(2)3-4-27-12/h5-6,21H,3-4,7H2,1-2H3,(H2,22,23,24). The van der Waals surface area contributed by atoms with E-state index in [0.29, 0.717) is 30.2 Å². The van der Waals surface area contributed by atoms with Gasteiger partial charge in [-0.2, -0.15) is 18.2 Å². The van der Waals surface area contributed by atoms with Crippen LogP contribution < -0.4 is 20.7 Å². The first kappa shape index (κ1) is 19.2. The van der Waals surface area contributed by atoms with Crippen molar-refractivity contribution in [1.29, 1.82) is 0 Å². The lowest BCUT2D eigenvalue weighted by atomic mass is 10.1. The summed E-state index contributed by atoms with van der Waals surface area (Å²) in [7, 11) is 3.02. The van der Waals surface area contributed by atoms with Crippen LogP contribution in [0.3, 0.4) is 0 Å². The topological polar surface area (TPSA) is 78.0 Å². The number of ether oxygens (including phenoxy) is 1. The van der Waals surface area contributed by atoms with Crippen LogP contribution in [-0.4, -0.2) is 56.7 Å². The molecule has 0 aliphatic carbocycles. The third kappa shape index (κ3) is 3.90. The molecule has 0 fully saturated rings. The zero-order chi connectivity index (χ0) is 19.8. The van der Waals surface area contributed by atoms with Crippen molar-refractivity contribution in [2.45, 2.75) is 6.18 Å². The number of anilines is 1. The van der Waals surface area contributed by atoms with Crippen LogP contribution in [-0.2, 0) is 0 Å². The molecule has 0 unspecified atom stereocenters. The lowest BCUT2D eigenvalue weighted by Crippen LogP contribution is -2.40. The second kappa shape index (κ2) is 7.18. The molecule has 1 aromatic carbocycles. The molecule has 2 aliphatic rings. The summed E-state index contributed by atoms with van der Waals surface area (Å²) >= 11 is 6.24. The van der Waals surface area contributed by atoms with Gasteiger partial charge in [-0.3, -0.25) is 4.79 Å². The van der Waals surface area contributed by atoms with Gasteiger partial charge in [0.1, 0.15) is 18.2 Å². The van der Waals surface area contributed by atoms with E-state index in [4.69, 9.17) is 16.3 Å². The van der Waals surface area contributed by atoms with E-state index in [2.05, 4.69) is 20.9 Å². The molecule has 1 aromatic rings. The Morgan fingerprint density at radius 3 is 2.78 bits per heavy atom. The van der Waals surface area contributed by atoms with Crippen LogP contribution >= 0.6 is 11.6 Å². The molecule has 3 N–H and O–H groups in total. The molecular formula is C16H17ClF3N5O2. The summed E-state index contributed by atoms with van der Waals surface area (Å²) in [6.45, 7) is 0.295. The molecule has 1 amide bonds. The number of benzene rings is 1. The number of nitrogens with zero attached hydrogens (tertiary/aromatic N) is 2. The van der Waals surface area contributed by atoms with Crippen LogP contribution in [0.2, 0.25) is 5.02 Å². The minimum absolute atomic E-state index is 0.0891. The van der Waals surface area contributed by atoms with Crippen LogP contribution in [0.5, 0.6) is 5.75 Å². The number of fused-ring (bicyclic) bond motifs is 1. The van der Waals surface area contributed by atoms with Gasteiger partial charge < -0.3 is 25.6 Å². The Morgan fingerprint density at radius 1 is 1.37 bits per heavy atom. The lowest BCUT2D eigenvalue weighted by Gasteiger charge is -2.23. The monoisotopic (exact) mass is 403 g/mol. The highest BCUT2D eigenvalue weighted by atomic mass is 35.5. The van der Waals surface area contributed by atoms with E-state index in [-0.39, 0.29) is 22.7 Å². The van der Waals surface area contributed by atoms with Crippen molar-refractivity contribution in [1.82, 2.24) is 15.5 Å². The predicted molar refractivity (Wildman–Crippen MR) is 95.1 cm³/mol. The molecule has 11 heteroatoms. The quantitative estimate of drug-likeness (QED) is 0.705. The van der Waals surface area contributed by atoms with Crippen LogP contribution in [0.1, 0.15) is 10.4 Å². The second-order valence-electron chi connectivity index (χ2n) is 5.92. The minimum Gasteiger partial charge on any atom is -0.491 e. The molecule has 2 aliphatic heterocycles. The molecule has 0 radical (unpaired) electrons. The molecule has 0 bridgehead atoms. The fraction of sp³-hybridized carbons (Fsp3) is 0.375. The first-order valence-corrected chi connectivity index (χ1v) is 8.38. The van der Waals surface area contributed by atoms with Crippen molar-refractivity contribution in [2.24, 2.45) is 4.99 Å². The first-order valence-electron chi connectivity index (χ1n) is 8.00. The smallest absolute Gasteiger partial charge is 0.417 e. The van der Waals surface area contributed by atoms with Crippen LogP contribution in [0.4, 0.5) is 18.9 Å². The van der Waals surface area contributed by atoms with E-state index in [1.54, 1.807) is 7.05 Å². The number of carbonyl (C=O) groups is 1. The van der Waals surface area contributed by atoms with Gasteiger partial charge in [0.05, 0.1) is 34.9 Å². The first-order chi connectivity index (χ1) is 12.7. The number of carbonyl (C=O) groups excluding carboxylic acids is 1. The molecule has 0 atom stereocenters. The third-order valence-electron chi connectivity index (χ3n) is 4.10. The molecular weight excluding hydrogens is 387 g/mol. The maximum absolute atomic E-state index is 13.0. The Hall–Kier alpha value is -2.62. The number of amides is 1. The van der Waals surface area contributed by atoms with Crippen LogP contribution in [0, 0.1) is 0 Å². The van der Waals surface area contributed by atoms with Gasteiger partial charge in [0.25, 0.3) is 5.91 Å². The Balaban J connectivity index is 1.91. The summed E-state index contributed by atoms with van der Waals surface area (Å²) in [4.78, 5) is 17.7. The summed E-state index contributed by atoms with van der Waals surface area (Å²) in [5, 5.41) is 8.07. The van der Waals surface area contributed by atoms with Gasteiger partial charge in [0, 0.05) is 20.2 Å². The summed E-state index contributed by atoms with van der Waals surface area (Å²) < 4.78 is 44.6. The normalized spacial score (nSPS) is 17.5. The Kier molecular flexibility index (Phi) is 5.09. The number of nitrogens with one attached hydrogen (secondary N) is 3. The maximum atomic E-state index is 13.0. The molecule has 0 saturated heterocycles. The molecule has 7 nitrogen and oxygen atoms in total. The van der Waals surface area contributed by atoms with Crippen molar-refractivity contribution in [2.75, 3.05) is 39.1 Å². The average molecular weight is 404 g/mol. The fourth-order valence-electron chi connectivity index (χ4n) is 2.65. The van der Waals surface area contributed by atoms with Gasteiger partial charge in [0.15, 0.2) is 0 Å². The Labute approximate surface area is 158 Å². The van der Waals surface area contributed by atoms with Crippen molar-refractivity contribution in [3.63, 3.8) is 0 Å².